The number of amides is 1. The Morgan fingerprint density at radius 1 is 1.10 bits per heavy atom. The summed E-state index contributed by atoms with van der Waals surface area (Å²) in [6, 6.07) is 12.9. The third kappa shape index (κ3) is 5.64. The van der Waals surface area contributed by atoms with E-state index >= 15 is 0 Å². The van der Waals surface area contributed by atoms with Crippen LogP contribution in [0.2, 0.25) is 5.02 Å². The maximum Gasteiger partial charge on any atom is 0.260 e. The summed E-state index contributed by atoms with van der Waals surface area (Å²) < 4.78 is 6.72. The molecule has 1 heterocycles. The van der Waals surface area contributed by atoms with E-state index in [1.54, 1.807) is 29.2 Å². The number of nitrogens with zero attached hydrogens (tertiary/aromatic N) is 3. The summed E-state index contributed by atoms with van der Waals surface area (Å²) >= 11 is 7.63. The number of ether oxygens (including phenoxy) is 1. The number of thiazole rings is 1. The first-order valence-corrected chi connectivity index (χ1v) is 11.1. The molecule has 0 saturated carbocycles. The van der Waals surface area contributed by atoms with Crippen LogP contribution in [0.1, 0.15) is 31.1 Å². The standard InChI is InChI=1S/C22H26ClN3O2S.ClH/c1-4-25(5-2)13-14-26(21(27)16-9-7-10-17(23)15-16)22-24-20-18(28-6-3)11-8-12-19(20)29-22;/h7-12,15H,4-6,13-14H2,1-3H3;1H. The van der Waals surface area contributed by atoms with Gasteiger partial charge in [0.2, 0.25) is 0 Å². The van der Waals surface area contributed by atoms with Gasteiger partial charge >= 0.3 is 0 Å². The number of para-hydroxylation sites is 1. The molecule has 5 nitrogen and oxygen atoms in total. The van der Waals surface area contributed by atoms with Crippen LogP contribution in [0, 0.1) is 0 Å². The molecule has 8 heteroatoms. The maximum atomic E-state index is 13.4. The van der Waals surface area contributed by atoms with Gasteiger partial charge in [-0.2, -0.15) is 0 Å². The molecule has 3 aromatic rings. The molecular formula is C22H27Cl2N3O2S. The van der Waals surface area contributed by atoms with Gasteiger partial charge in [-0.05, 0) is 50.3 Å². The van der Waals surface area contributed by atoms with Gasteiger partial charge < -0.3 is 9.64 Å². The van der Waals surface area contributed by atoms with Gasteiger partial charge in [0.1, 0.15) is 11.3 Å². The number of hydrogen-bond acceptors (Lipinski definition) is 5. The molecule has 3 rings (SSSR count). The minimum Gasteiger partial charge on any atom is -0.492 e. The number of fused-ring (bicyclic) bond motifs is 1. The van der Waals surface area contributed by atoms with E-state index in [0.29, 0.717) is 28.9 Å². The van der Waals surface area contributed by atoms with Crippen molar-refractivity contribution >= 4 is 56.6 Å². The van der Waals surface area contributed by atoms with Gasteiger partial charge in [-0.15, -0.1) is 12.4 Å². The number of carbonyl (C=O) groups excluding carboxylic acids is 1. The first-order valence-electron chi connectivity index (χ1n) is 9.89. The van der Waals surface area contributed by atoms with Crippen LogP contribution in [0.4, 0.5) is 5.13 Å². The molecule has 30 heavy (non-hydrogen) atoms. The average molecular weight is 468 g/mol. The Bertz CT molecular complexity index is 976. The highest BCUT2D eigenvalue weighted by Gasteiger charge is 2.23. The van der Waals surface area contributed by atoms with E-state index in [1.165, 1.54) is 11.3 Å². The van der Waals surface area contributed by atoms with E-state index in [2.05, 4.69) is 18.7 Å². The molecule has 0 unspecified atom stereocenters. The van der Waals surface area contributed by atoms with Crippen molar-refractivity contribution in [3.05, 3.63) is 53.1 Å². The molecule has 0 aliphatic rings. The second kappa shape index (κ2) is 11.5. The first kappa shape index (κ1) is 24.4. The number of carbonyl (C=O) groups is 1. The van der Waals surface area contributed by atoms with Gasteiger partial charge in [-0.3, -0.25) is 9.69 Å². The Morgan fingerprint density at radius 2 is 1.83 bits per heavy atom. The fourth-order valence-corrected chi connectivity index (χ4v) is 4.34. The molecule has 0 atom stereocenters. The number of likely N-dealkylation sites (N-methyl/N-ethyl adjacent to an activating group) is 1. The molecule has 162 valence electrons. The van der Waals surface area contributed by atoms with Crippen LogP contribution in [-0.2, 0) is 0 Å². The van der Waals surface area contributed by atoms with E-state index in [4.69, 9.17) is 21.3 Å². The minimum atomic E-state index is -0.100. The molecule has 0 saturated heterocycles. The zero-order valence-corrected chi connectivity index (χ0v) is 19.8. The second-order valence-electron chi connectivity index (χ2n) is 6.53. The van der Waals surface area contributed by atoms with Gasteiger partial charge in [-0.1, -0.05) is 48.9 Å². The summed E-state index contributed by atoms with van der Waals surface area (Å²) in [7, 11) is 0. The zero-order valence-electron chi connectivity index (χ0n) is 17.4. The van der Waals surface area contributed by atoms with Crippen molar-refractivity contribution in [3.8, 4) is 5.75 Å². The average Bonchev–Trinajstić information content (AvgIpc) is 3.16. The largest absolute Gasteiger partial charge is 0.492 e. The van der Waals surface area contributed by atoms with Gasteiger partial charge in [0.15, 0.2) is 5.13 Å². The SMILES string of the molecule is CCOc1cccc2sc(N(CCN(CC)CC)C(=O)c3cccc(Cl)c3)nc12.Cl. The van der Waals surface area contributed by atoms with Crippen LogP contribution < -0.4 is 9.64 Å². The lowest BCUT2D eigenvalue weighted by atomic mass is 10.2. The molecule has 0 aliphatic carbocycles. The predicted octanol–water partition coefficient (Wildman–Crippen LogP) is 5.76. The Labute approximate surface area is 193 Å². The summed E-state index contributed by atoms with van der Waals surface area (Å²) in [6.45, 7) is 9.96. The highest BCUT2D eigenvalue weighted by molar-refractivity contribution is 7.22. The molecule has 0 radical (unpaired) electrons. The number of anilines is 1. The first-order chi connectivity index (χ1) is 14.1. The zero-order chi connectivity index (χ0) is 20.8. The molecule has 2 aromatic carbocycles. The summed E-state index contributed by atoms with van der Waals surface area (Å²) in [5, 5.41) is 1.21. The van der Waals surface area contributed by atoms with Crippen LogP contribution in [0.5, 0.6) is 5.75 Å². The van der Waals surface area contributed by atoms with Crippen LogP contribution >= 0.6 is 35.3 Å². The molecule has 0 bridgehead atoms. The van der Waals surface area contributed by atoms with Crippen molar-refractivity contribution in [1.29, 1.82) is 0 Å². The number of halogens is 2. The predicted molar refractivity (Wildman–Crippen MR) is 129 cm³/mol. The summed E-state index contributed by atoms with van der Waals surface area (Å²) in [4.78, 5) is 22.2. The number of rotatable bonds is 9. The third-order valence-electron chi connectivity index (χ3n) is 4.75. The molecule has 0 fully saturated rings. The maximum absolute atomic E-state index is 13.4. The van der Waals surface area contributed by atoms with Crippen molar-refractivity contribution in [2.24, 2.45) is 0 Å². The van der Waals surface area contributed by atoms with E-state index in [9.17, 15) is 4.79 Å². The fourth-order valence-electron chi connectivity index (χ4n) is 3.14. The van der Waals surface area contributed by atoms with Crippen molar-refractivity contribution in [1.82, 2.24) is 9.88 Å². The quantitative estimate of drug-likeness (QED) is 0.401. The lowest BCUT2D eigenvalue weighted by Gasteiger charge is -2.24. The minimum absolute atomic E-state index is 0. The molecule has 1 aromatic heterocycles. The third-order valence-corrected chi connectivity index (χ3v) is 6.03. The van der Waals surface area contributed by atoms with Gasteiger partial charge in [0.25, 0.3) is 5.91 Å². The van der Waals surface area contributed by atoms with Crippen molar-refractivity contribution in [2.75, 3.05) is 37.7 Å². The number of aromatic nitrogens is 1. The van der Waals surface area contributed by atoms with Crippen LogP contribution in [0.15, 0.2) is 42.5 Å². The van der Waals surface area contributed by atoms with Crippen molar-refractivity contribution in [2.45, 2.75) is 20.8 Å². The Hall–Kier alpha value is -1.86. The van der Waals surface area contributed by atoms with Crippen LogP contribution in [-0.4, -0.2) is 48.6 Å². The monoisotopic (exact) mass is 467 g/mol. The number of hydrogen-bond donors (Lipinski definition) is 0. The van der Waals surface area contributed by atoms with Gasteiger partial charge in [0, 0.05) is 23.7 Å². The van der Waals surface area contributed by atoms with E-state index in [0.717, 1.165) is 35.6 Å². The van der Waals surface area contributed by atoms with E-state index < -0.39 is 0 Å². The lowest BCUT2D eigenvalue weighted by Crippen LogP contribution is -2.38. The molecule has 1 amide bonds. The fraction of sp³-hybridized carbons (Fsp3) is 0.364. The van der Waals surface area contributed by atoms with Gasteiger partial charge in [-0.25, -0.2) is 4.98 Å². The smallest absolute Gasteiger partial charge is 0.260 e. The molecule has 0 aliphatic heterocycles. The highest BCUT2D eigenvalue weighted by Crippen LogP contribution is 2.34. The Kier molecular flexibility index (Phi) is 9.37. The Balaban J connectivity index is 0.00000320. The van der Waals surface area contributed by atoms with E-state index in [1.807, 2.05) is 25.1 Å². The summed E-state index contributed by atoms with van der Waals surface area (Å²) in [5.74, 6) is 0.642. The molecule has 0 N–H and O–H groups in total. The Morgan fingerprint density at radius 3 is 2.50 bits per heavy atom. The highest BCUT2D eigenvalue weighted by atomic mass is 35.5. The topological polar surface area (TPSA) is 45.7 Å². The van der Waals surface area contributed by atoms with Crippen LogP contribution in [0.3, 0.4) is 0 Å². The molecule has 0 spiro atoms. The van der Waals surface area contributed by atoms with Crippen molar-refractivity contribution < 1.29 is 9.53 Å². The van der Waals surface area contributed by atoms with Crippen molar-refractivity contribution in [3.63, 3.8) is 0 Å². The number of benzene rings is 2. The van der Waals surface area contributed by atoms with Gasteiger partial charge in [0.05, 0.1) is 11.3 Å². The van der Waals surface area contributed by atoms with Crippen LogP contribution in [0.25, 0.3) is 10.2 Å². The summed E-state index contributed by atoms with van der Waals surface area (Å²) in [6.07, 6.45) is 0. The normalized spacial score (nSPS) is 10.8. The molecular weight excluding hydrogens is 441 g/mol. The second-order valence-corrected chi connectivity index (χ2v) is 7.97. The lowest BCUT2D eigenvalue weighted by molar-refractivity contribution is 0.0983. The van der Waals surface area contributed by atoms with E-state index in [-0.39, 0.29) is 18.3 Å². The summed E-state index contributed by atoms with van der Waals surface area (Å²) in [5.41, 5.74) is 1.35.